The lowest BCUT2D eigenvalue weighted by Crippen LogP contribution is -2.19. The van der Waals surface area contributed by atoms with Gasteiger partial charge < -0.3 is 10.6 Å². The van der Waals surface area contributed by atoms with Gasteiger partial charge in [0.15, 0.2) is 0 Å². The minimum Gasteiger partial charge on any atom is -0.330 e. The minimum atomic E-state index is 0.821. The molecular weight excluding hydrogens is 196 g/mol. The van der Waals surface area contributed by atoms with Gasteiger partial charge >= 0.3 is 0 Å². The molecule has 2 nitrogen and oxygen atoms in total. The fourth-order valence-electron chi connectivity index (χ4n) is 1.79. The van der Waals surface area contributed by atoms with Gasteiger partial charge in [-0.25, -0.2) is 0 Å². The quantitative estimate of drug-likeness (QED) is 0.716. The molecule has 0 aliphatic carbocycles. The van der Waals surface area contributed by atoms with Gasteiger partial charge in [-0.15, -0.1) is 0 Å². The van der Waals surface area contributed by atoms with E-state index < -0.39 is 0 Å². The summed E-state index contributed by atoms with van der Waals surface area (Å²) in [6.07, 6.45) is 3.65. The fourth-order valence-corrected chi connectivity index (χ4v) is 1.79. The van der Waals surface area contributed by atoms with Crippen LogP contribution < -0.4 is 5.73 Å². The lowest BCUT2D eigenvalue weighted by Gasteiger charge is -2.16. The van der Waals surface area contributed by atoms with Gasteiger partial charge in [0.05, 0.1) is 0 Å². The molecule has 0 saturated carbocycles. The highest BCUT2D eigenvalue weighted by atomic mass is 15.1. The van der Waals surface area contributed by atoms with Gasteiger partial charge in [0, 0.05) is 6.54 Å². The van der Waals surface area contributed by atoms with Crippen molar-refractivity contribution in [2.24, 2.45) is 5.73 Å². The fraction of sp³-hybridized carbons (Fsp3) is 0.571. The molecule has 0 bridgehead atoms. The van der Waals surface area contributed by atoms with Gasteiger partial charge in [-0.3, -0.25) is 0 Å². The van der Waals surface area contributed by atoms with Crippen LogP contribution in [0.4, 0.5) is 0 Å². The van der Waals surface area contributed by atoms with E-state index in [4.69, 9.17) is 5.73 Å². The smallest absolute Gasteiger partial charge is 0.0230 e. The zero-order valence-corrected chi connectivity index (χ0v) is 10.6. The Balaban J connectivity index is 2.23. The summed E-state index contributed by atoms with van der Waals surface area (Å²) >= 11 is 0. The molecule has 1 aromatic rings. The van der Waals surface area contributed by atoms with Crippen molar-refractivity contribution in [3.8, 4) is 0 Å². The van der Waals surface area contributed by atoms with Crippen molar-refractivity contribution < 1.29 is 0 Å². The maximum atomic E-state index is 5.47. The second-order valence-electron chi connectivity index (χ2n) is 4.57. The number of nitrogens with zero attached hydrogens (tertiary/aromatic N) is 1. The molecular formula is C14H24N2. The predicted octanol–water partition coefficient (Wildman–Crippen LogP) is 2.56. The average Bonchev–Trinajstić information content (AvgIpc) is 2.28. The maximum absolute atomic E-state index is 5.47. The first-order valence-electron chi connectivity index (χ1n) is 6.16. The van der Waals surface area contributed by atoms with Crippen molar-refractivity contribution in [1.29, 1.82) is 0 Å². The zero-order valence-electron chi connectivity index (χ0n) is 10.6. The van der Waals surface area contributed by atoms with Crippen LogP contribution in [0.5, 0.6) is 0 Å². The maximum Gasteiger partial charge on any atom is 0.0230 e. The highest BCUT2D eigenvalue weighted by molar-refractivity contribution is 5.21. The summed E-state index contributed by atoms with van der Waals surface area (Å²) in [6, 6.07) is 8.78. The van der Waals surface area contributed by atoms with E-state index in [0.29, 0.717) is 0 Å². The van der Waals surface area contributed by atoms with Crippen LogP contribution in [0.1, 0.15) is 30.4 Å². The molecule has 0 aliphatic heterocycles. The molecule has 0 saturated heterocycles. The number of nitrogens with two attached hydrogens (primary N) is 1. The Morgan fingerprint density at radius 2 is 1.75 bits per heavy atom. The van der Waals surface area contributed by atoms with Crippen LogP contribution in [0.15, 0.2) is 24.3 Å². The van der Waals surface area contributed by atoms with E-state index >= 15 is 0 Å². The van der Waals surface area contributed by atoms with E-state index in [2.05, 4.69) is 43.1 Å². The summed E-state index contributed by atoms with van der Waals surface area (Å²) in [4.78, 5) is 2.38. The SMILES string of the molecule is Cc1ccc(CN(C)CCCCCN)cc1. The molecule has 0 atom stereocenters. The second kappa shape index (κ2) is 7.42. The van der Waals surface area contributed by atoms with E-state index in [1.807, 2.05) is 0 Å². The van der Waals surface area contributed by atoms with Crippen LogP contribution in [-0.4, -0.2) is 25.0 Å². The highest BCUT2D eigenvalue weighted by Gasteiger charge is 1.99. The Morgan fingerprint density at radius 1 is 1.06 bits per heavy atom. The van der Waals surface area contributed by atoms with Crippen LogP contribution in [0.3, 0.4) is 0 Å². The number of unbranched alkanes of at least 4 members (excludes halogenated alkanes) is 2. The first kappa shape index (κ1) is 13.2. The molecule has 0 unspecified atom stereocenters. The van der Waals surface area contributed by atoms with E-state index in [1.165, 1.54) is 24.0 Å². The van der Waals surface area contributed by atoms with E-state index in [0.717, 1.165) is 26.1 Å². The van der Waals surface area contributed by atoms with Gasteiger partial charge in [0.25, 0.3) is 0 Å². The molecule has 0 amide bonds. The summed E-state index contributed by atoms with van der Waals surface area (Å²) in [5.41, 5.74) is 8.19. The largest absolute Gasteiger partial charge is 0.330 e. The first-order chi connectivity index (χ1) is 7.72. The molecule has 0 aliphatic rings. The van der Waals surface area contributed by atoms with E-state index in [-0.39, 0.29) is 0 Å². The normalized spacial score (nSPS) is 11.0. The van der Waals surface area contributed by atoms with E-state index in [9.17, 15) is 0 Å². The Kier molecular flexibility index (Phi) is 6.12. The molecule has 16 heavy (non-hydrogen) atoms. The Labute approximate surface area is 99.5 Å². The summed E-state index contributed by atoms with van der Waals surface area (Å²) in [5.74, 6) is 0. The van der Waals surface area contributed by atoms with Crippen molar-refractivity contribution in [3.05, 3.63) is 35.4 Å². The lowest BCUT2D eigenvalue weighted by molar-refractivity contribution is 0.317. The molecule has 90 valence electrons. The van der Waals surface area contributed by atoms with Crippen LogP contribution >= 0.6 is 0 Å². The average molecular weight is 220 g/mol. The molecule has 0 fully saturated rings. The molecule has 1 rings (SSSR count). The van der Waals surface area contributed by atoms with Crippen LogP contribution in [0.2, 0.25) is 0 Å². The molecule has 0 aromatic heterocycles. The Hall–Kier alpha value is -0.860. The summed E-state index contributed by atoms with van der Waals surface area (Å²) in [6.45, 7) is 5.15. The molecule has 0 radical (unpaired) electrons. The van der Waals surface area contributed by atoms with Gasteiger partial charge in [0.1, 0.15) is 0 Å². The minimum absolute atomic E-state index is 0.821. The molecule has 2 N–H and O–H groups in total. The number of hydrogen-bond acceptors (Lipinski definition) is 2. The monoisotopic (exact) mass is 220 g/mol. The summed E-state index contributed by atoms with van der Waals surface area (Å²) < 4.78 is 0. The van der Waals surface area contributed by atoms with Gasteiger partial charge in [0.2, 0.25) is 0 Å². The van der Waals surface area contributed by atoms with Crippen molar-refractivity contribution in [2.75, 3.05) is 20.1 Å². The number of rotatable bonds is 7. The van der Waals surface area contributed by atoms with E-state index in [1.54, 1.807) is 0 Å². The topological polar surface area (TPSA) is 29.3 Å². The van der Waals surface area contributed by atoms with Crippen molar-refractivity contribution in [1.82, 2.24) is 4.90 Å². The van der Waals surface area contributed by atoms with Crippen LogP contribution in [0, 0.1) is 6.92 Å². The van der Waals surface area contributed by atoms with Gasteiger partial charge in [-0.05, 0) is 45.5 Å². The summed E-state index contributed by atoms with van der Waals surface area (Å²) in [5, 5.41) is 0. The van der Waals surface area contributed by atoms with Crippen molar-refractivity contribution in [2.45, 2.75) is 32.7 Å². The number of benzene rings is 1. The predicted molar refractivity (Wildman–Crippen MR) is 70.4 cm³/mol. The zero-order chi connectivity index (χ0) is 11.8. The molecule has 0 spiro atoms. The van der Waals surface area contributed by atoms with Crippen LogP contribution in [0.25, 0.3) is 0 Å². The third-order valence-electron chi connectivity index (χ3n) is 2.82. The van der Waals surface area contributed by atoms with Crippen molar-refractivity contribution >= 4 is 0 Å². The molecule has 1 aromatic carbocycles. The Morgan fingerprint density at radius 3 is 2.38 bits per heavy atom. The number of aryl methyl sites for hydroxylation is 1. The molecule has 0 heterocycles. The lowest BCUT2D eigenvalue weighted by atomic mass is 10.1. The third kappa shape index (κ3) is 5.29. The third-order valence-corrected chi connectivity index (χ3v) is 2.82. The first-order valence-corrected chi connectivity index (χ1v) is 6.16. The number of hydrogen-bond donors (Lipinski definition) is 1. The second-order valence-corrected chi connectivity index (χ2v) is 4.57. The molecule has 2 heteroatoms. The van der Waals surface area contributed by atoms with Gasteiger partial charge in [-0.2, -0.15) is 0 Å². The Bertz CT molecular complexity index is 279. The van der Waals surface area contributed by atoms with Crippen LogP contribution in [-0.2, 0) is 6.54 Å². The van der Waals surface area contributed by atoms with Crippen molar-refractivity contribution in [3.63, 3.8) is 0 Å². The highest BCUT2D eigenvalue weighted by Crippen LogP contribution is 2.06. The van der Waals surface area contributed by atoms with Gasteiger partial charge in [-0.1, -0.05) is 36.2 Å². The summed E-state index contributed by atoms with van der Waals surface area (Å²) in [7, 11) is 2.18. The standard InChI is InChI=1S/C14H24N2/c1-13-6-8-14(9-7-13)12-16(2)11-5-3-4-10-15/h6-9H,3-5,10-12,15H2,1-2H3.